The minimum atomic E-state index is -0.0331. The normalized spacial score (nSPS) is 16.6. The molecule has 1 aliphatic rings. The van der Waals surface area contributed by atoms with Crippen molar-refractivity contribution < 1.29 is 9.57 Å². The zero-order valence-electron chi connectivity index (χ0n) is 16.2. The number of para-hydroxylation sites is 1. The van der Waals surface area contributed by atoms with Crippen molar-refractivity contribution in [3.8, 4) is 5.75 Å². The summed E-state index contributed by atoms with van der Waals surface area (Å²) in [7, 11) is 0. The Hall–Kier alpha value is -2.43. The molecule has 1 heterocycles. The largest absolute Gasteiger partial charge is 0.487 e. The van der Waals surface area contributed by atoms with Gasteiger partial charge in [0.1, 0.15) is 18.5 Å². The molecule has 2 N–H and O–H groups in total. The van der Waals surface area contributed by atoms with Crippen molar-refractivity contribution in [3.05, 3.63) is 71.9 Å². The van der Waals surface area contributed by atoms with E-state index in [-0.39, 0.29) is 6.10 Å². The van der Waals surface area contributed by atoms with Gasteiger partial charge < -0.3 is 4.74 Å². The predicted molar refractivity (Wildman–Crippen MR) is 112 cm³/mol. The summed E-state index contributed by atoms with van der Waals surface area (Å²) < 4.78 is 5.94. The summed E-state index contributed by atoms with van der Waals surface area (Å²) in [6, 6.07) is 20.4. The average molecular weight is 377 g/mol. The second-order valence-electron chi connectivity index (χ2n) is 7.66. The molecular weight excluding hydrogens is 348 g/mol. The third kappa shape index (κ3) is 4.51. The third-order valence-corrected chi connectivity index (χ3v) is 5.73. The standard InChI is InChI=1S/C24H28N2O2/c25-28-24(19-8-3-1-2-4-9-19)20-12-15-22(16-13-20)27-17-21-14-11-18-7-5-6-10-23(18)26-21/h5-7,10-16,19,24H,1-4,8-9,17,25H2. The Labute approximate surface area is 166 Å². The van der Waals surface area contributed by atoms with Crippen molar-refractivity contribution in [3.63, 3.8) is 0 Å². The Kier molecular flexibility index (Phi) is 6.20. The lowest BCUT2D eigenvalue weighted by molar-refractivity contribution is 0.00421. The van der Waals surface area contributed by atoms with Crippen molar-refractivity contribution in [2.24, 2.45) is 11.8 Å². The molecule has 0 spiro atoms. The molecule has 4 nitrogen and oxygen atoms in total. The van der Waals surface area contributed by atoms with Crippen LogP contribution >= 0.6 is 0 Å². The summed E-state index contributed by atoms with van der Waals surface area (Å²) in [5.74, 6) is 7.00. The number of hydrogen-bond donors (Lipinski definition) is 1. The van der Waals surface area contributed by atoms with Crippen LogP contribution in [-0.4, -0.2) is 4.98 Å². The van der Waals surface area contributed by atoms with Crippen LogP contribution in [0.15, 0.2) is 60.7 Å². The maximum atomic E-state index is 5.94. The number of rotatable bonds is 6. The zero-order valence-corrected chi connectivity index (χ0v) is 16.2. The topological polar surface area (TPSA) is 57.4 Å². The van der Waals surface area contributed by atoms with Crippen LogP contribution in [0.2, 0.25) is 0 Å². The SMILES string of the molecule is NOC(c1ccc(OCc2ccc3ccccc3n2)cc1)C1CCCCCC1. The first-order chi connectivity index (χ1) is 13.8. The molecule has 0 aliphatic heterocycles. The van der Waals surface area contributed by atoms with E-state index in [9.17, 15) is 0 Å². The highest BCUT2D eigenvalue weighted by molar-refractivity contribution is 5.78. The number of nitrogens with zero attached hydrogens (tertiary/aromatic N) is 1. The van der Waals surface area contributed by atoms with Gasteiger partial charge in [-0.1, -0.05) is 62.1 Å². The summed E-state index contributed by atoms with van der Waals surface area (Å²) in [5.41, 5.74) is 3.04. The van der Waals surface area contributed by atoms with Gasteiger partial charge in [0.2, 0.25) is 0 Å². The molecule has 1 aromatic heterocycles. The van der Waals surface area contributed by atoms with Gasteiger partial charge in [-0.2, -0.15) is 0 Å². The maximum absolute atomic E-state index is 5.94. The fourth-order valence-corrected chi connectivity index (χ4v) is 4.18. The van der Waals surface area contributed by atoms with E-state index < -0.39 is 0 Å². The number of nitrogens with two attached hydrogens (primary N) is 1. The molecular formula is C24H28N2O2. The van der Waals surface area contributed by atoms with Crippen LogP contribution in [0.3, 0.4) is 0 Å². The Morgan fingerprint density at radius 1 is 0.893 bits per heavy atom. The van der Waals surface area contributed by atoms with Gasteiger partial charge >= 0.3 is 0 Å². The molecule has 2 aromatic carbocycles. The smallest absolute Gasteiger partial charge is 0.130 e. The molecule has 1 fully saturated rings. The van der Waals surface area contributed by atoms with Crippen molar-refractivity contribution in [2.45, 2.75) is 51.2 Å². The highest BCUT2D eigenvalue weighted by atomic mass is 16.6. The quantitative estimate of drug-likeness (QED) is 0.442. The van der Waals surface area contributed by atoms with Gasteiger partial charge in [0, 0.05) is 5.39 Å². The second kappa shape index (κ2) is 9.18. The molecule has 1 unspecified atom stereocenters. The van der Waals surface area contributed by atoms with Gasteiger partial charge in [-0.25, -0.2) is 10.9 Å². The summed E-state index contributed by atoms with van der Waals surface area (Å²) in [4.78, 5) is 10.0. The third-order valence-electron chi connectivity index (χ3n) is 5.73. The van der Waals surface area contributed by atoms with Gasteiger partial charge in [0.15, 0.2) is 0 Å². The van der Waals surface area contributed by atoms with Crippen LogP contribution in [0.1, 0.15) is 55.9 Å². The van der Waals surface area contributed by atoms with Gasteiger partial charge in [0.25, 0.3) is 0 Å². The molecule has 1 atom stereocenters. The minimum absolute atomic E-state index is 0.0331. The number of hydrogen-bond acceptors (Lipinski definition) is 4. The Balaban J connectivity index is 1.40. The predicted octanol–water partition coefficient (Wildman–Crippen LogP) is 5.72. The molecule has 0 amide bonds. The van der Waals surface area contributed by atoms with E-state index >= 15 is 0 Å². The summed E-state index contributed by atoms with van der Waals surface area (Å²) >= 11 is 0. The lowest BCUT2D eigenvalue weighted by atomic mass is 9.89. The molecule has 28 heavy (non-hydrogen) atoms. The number of ether oxygens (including phenoxy) is 1. The lowest BCUT2D eigenvalue weighted by Crippen LogP contribution is -2.19. The molecule has 3 aromatic rings. The molecule has 0 saturated heterocycles. The number of fused-ring (bicyclic) bond motifs is 1. The summed E-state index contributed by atoms with van der Waals surface area (Å²) in [5, 5.41) is 1.14. The van der Waals surface area contributed by atoms with Gasteiger partial charge in [-0.05, 0) is 48.6 Å². The van der Waals surface area contributed by atoms with E-state index in [1.807, 2.05) is 36.4 Å². The van der Waals surface area contributed by atoms with E-state index in [1.54, 1.807) is 0 Å². The Morgan fingerprint density at radius 2 is 1.64 bits per heavy atom. The van der Waals surface area contributed by atoms with Gasteiger partial charge in [0.05, 0.1) is 11.2 Å². The average Bonchev–Trinajstić information content (AvgIpc) is 3.03. The zero-order chi connectivity index (χ0) is 19.2. The van der Waals surface area contributed by atoms with E-state index in [0.29, 0.717) is 12.5 Å². The first-order valence-corrected chi connectivity index (χ1v) is 10.3. The number of aromatic nitrogens is 1. The minimum Gasteiger partial charge on any atom is -0.487 e. The van der Waals surface area contributed by atoms with E-state index in [4.69, 9.17) is 15.5 Å². The Morgan fingerprint density at radius 3 is 2.39 bits per heavy atom. The molecule has 0 radical (unpaired) electrons. The monoisotopic (exact) mass is 376 g/mol. The fraction of sp³-hybridized carbons (Fsp3) is 0.375. The molecule has 4 heteroatoms. The van der Waals surface area contributed by atoms with Crippen LogP contribution in [0.4, 0.5) is 0 Å². The van der Waals surface area contributed by atoms with Crippen molar-refractivity contribution in [1.29, 1.82) is 0 Å². The lowest BCUT2D eigenvalue weighted by Gasteiger charge is -2.24. The second-order valence-corrected chi connectivity index (χ2v) is 7.66. The number of benzene rings is 2. The fourth-order valence-electron chi connectivity index (χ4n) is 4.18. The van der Waals surface area contributed by atoms with Crippen molar-refractivity contribution in [2.75, 3.05) is 0 Å². The molecule has 0 bridgehead atoms. The van der Waals surface area contributed by atoms with Crippen LogP contribution in [-0.2, 0) is 11.4 Å². The summed E-state index contributed by atoms with van der Waals surface area (Å²) in [6.07, 6.45) is 7.53. The Bertz CT molecular complexity index is 887. The van der Waals surface area contributed by atoms with Crippen LogP contribution in [0.25, 0.3) is 10.9 Å². The molecule has 4 rings (SSSR count). The van der Waals surface area contributed by atoms with Gasteiger partial charge in [-0.3, -0.25) is 4.84 Å². The van der Waals surface area contributed by atoms with Gasteiger partial charge in [-0.15, -0.1) is 0 Å². The highest BCUT2D eigenvalue weighted by Crippen LogP contribution is 2.35. The van der Waals surface area contributed by atoms with Crippen molar-refractivity contribution >= 4 is 10.9 Å². The van der Waals surface area contributed by atoms with E-state index in [0.717, 1.165) is 27.9 Å². The summed E-state index contributed by atoms with van der Waals surface area (Å²) in [6.45, 7) is 0.448. The molecule has 146 valence electrons. The first kappa shape index (κ1) is 18.9. The van der Waals surface area contributed by atoms with Crippen LogP contribution < -0.4 is 10.6 Å². The molecule has 1 aliphatic carbocycles. The van der Waals surface area contributed by atoms with E-state index in [2.05, 4.69) is 29.2 Å². The van der Waals surface area contributed by atoms with Crippen molar-refractivity contribution in [1.82, 2.24) is 4.98 Å². The highest BCUT2D eigenvalue weighted by Gasteiger charge is 2.24. The molecule has 1 saturated carbocycles. The first-order valence-electron chi connectivity index (χ1n) is 10.3. The van der Waals surface area contributed by atoms with Crippen LogP contribution in [0, 0.1) is 5.92 Å². The van der Waals surface area contributed by atoms with E-state index in [1.165, 1.54) is 38.5 Å². The van der Waals surface area contributed by atoms with Crippen LogP contribution in [0.5, 0.6) is 5.75 Å². The number of pyridine rings is 1. The maximum Gasteiger partial charge on any atom is 0.130 e.